The molecule has 0 N–H and O–H groups in total. The van der Waals surface area contributed by atoms with Gasteiger partial charge in [-0.1, -0.05) is 11.6 Å². The highest BCUT2D eigenvalue weighted by Crippen LogP contribution is 2.41. The van der Waals surface area contributed by atoms with E-state index in [0.717, 1.165) is 55.4 Å². The zero-order valence-electron chi connectivity index (χ0n) is 19.0. The van der Waals surface area contributed by atoms with Crippen molar-refractivity contribution >= 4 is 34.4 Å². The number of aryl methyl sites for hydroxylation is 1. The number of aromatic nitrogens is 1. The average molecular weight is 445 g/mol. The first-order chi connectivity index (χ1) is 14.6. The van der Waals surface area contributed by atoms with E-state index in [1.807, 2.05) is 61.6 Å². The molecule has 1 aliphatic heterocycles. The third kappa shape index (κ3) is 4.92. The summed E-state index contributed by atoms with van der Waals surface area (Å²) >= 11 is 6.12. The monoisotopic (exact) mass is 444 g/mol. The number of benzene rings is 1. The number of hydrogen-bond donors (Lipinski definition) is 0. The molecule has 6 heteroatoms. The molecule has 1 saturated carbocycles. The minimum Gasteiger partial charge on any atom is -0.444 e. The second kappa shape index (κ2) is 8.50. The Bertz CT molecular complexity index is 991. The molecule has 1 aromatic heterocycles. The summed E-state index contributed by atoms with van der Waals surface area (Å²) < 4.78 is 7.54. The normalized spacial score (nSPS) is 24.2. The SMILES string of the molecule is Cn1c(C(=O)C[C@@H]2CC[C@@H]3CN(C(=O)OC(C)(C)C)CC[C@H]3C2)cc2cc(Cl)ccc21. The number of ketones is 1. The Balaban J connectivity index is 1.36. The van der Waals surface area contributed by atoms with Gasteiger partial charge in [0.1, 0.15) is 5.60 Å². The van der Waals surface area contributed by atoms with Gasteiger partial charge in [0, 0.05) is 42.5 Å². The first-order valence-corrected chi connectivity index (χ1v) is 11.7. The number of likely N-dealkylation sites (tertiary alicyclic amines) is 1. The number of rotatable bonds is 3. The van der Waals surface area contributed by atoms with Gasteiger partial charge in [-0.15, -0.1) is 0 Å². The van der Waals surface area contributed by atoms with Gasteiger partial charge in [-0.05, 0) is 88.5 Å². The Morgan fingerprint density at radius 1 is 1.13 bits per heavy atom. The van der Waals surface area contributed by atoms with Gasteiger partial charge in [0.25, 0.3) is 0 Å². The van der Waals surface area contributed by atoms with Crippen molar-refractivity contribution in [1.82, 2.24) is 9.47 Å². The van der Waals surface area contributed by atoms with E-state index in [1.165, 1.54) is 0 Å². The topological polar surface area (TPSA) is 51.5 Å². The minimum absolute atomic E-state index is 0.195. The van der Waals surface area contributed by atoms with Crippen molar-refractivity contribution in [2.45, 2.75) is 58.5 Å². The van der Waals surface area contributed by atoms with Crippen LogP contribution < -0.4 is 0 Å². The largest absolute Gasteiger partial charge is 0.444 e. The van der Waals surface area contributed by atoms with Crippen molar-refractivity contribution in [2.75, 3.05) is 13.1 Å². The fraction of sp³-hybridized carbons (Fsp3) is 0.600. The molecule has 4 rings (SSSR count). The number of amides is 1. The molecule has 3 atom stereocenters. The number of carbonyl (C=O) groups is 2. The van der Waals surface area contributed by atoms with Crippen LogP contribution in [0.1, 0.15) is 63.4 Å². The van der Waals surface area contributed by atoms with Crippen LogP contribution in [0, 0.1) is 17.8 Å². The van der Waals surface area contributed by atoms with Gasteiger partial charge >= 0.3 is 6.09 Å². The molecule has 0 spiro atoms. The van der Waals surface area contributed by atoms with Crippen molar-refractivity contribution < 1.29 is 14.3 Å². The Kier molecular flexibility index (Phi) is 6.08. The van der Waals surface area contributed by atoms with Gasteiger partial charge < -0.3 is 14.2 Å². The summed E-state index contributed by atoms with van der Waals surface area (Å²) in [5, 5.41) is 1.70. The molecule has 0 bridgehead atoms. The molecule has 1 aliphatic carbocycles. The Morgan fingerprint density at radius 2 is 1.90 bits per heavy atom. The van der Waals surface area contributed by atoms with E-state index in [4.69, 9.17) is 16.3 Å². The molecule has 2 aliphatic rings. The van der Waals surface area contributed by atoms with E-state index in [1.54, 1.807) is 0 Å². The fourth-order valence-corrected chi connectivity index (χ4v) is 5.53. The molecule has 0 radical (unpaired) electrons. The maximum absolute atomic E-state index is 13.1. The predicted molar refractivity (Wildman–Crippen MR) is 124 cm³/mol. The number of hydrogen-bond acceptors (Lipinski definition) is 3. The molecular formula is C25H33ClN2O3. The van der Waals surface area contributed by atoms with Crippen LogP contribution in [0.5, 0.6) is 0 Å². The third-order valence-corrected chi connectivity index (χ3v) is 7.12. The highest BCUT2D eigenvalue weighted by atomic mass is 35.5. The maximum atomic E-state index is 13.1. The van der Waals surface area contributed by atoms with Gasteiger partial charge in [-0.25, -0.2) is 4.79 Å². The molecule has 2 fully saturated rings. The number of Topliss-reactive ketones (excluding diaryl/α,β-unsaturated/α-hetero) is 1. The van der Waals surface area contributed by atoms with Crippen LogP contribution in [0.25, 0.3) is 10.9 Å². The number of ether oxygens (including phenoxy) is 1. The number of fused-ring (bicyclic) bond motifs is 2. The molecule has 1 aromatic carbocycles. The van der Waals surface area contributed by atoms with E-state index >= 15 is 0 Å². The maximum Gasteiger partial charge on any atom is 0.410 e. The smallest absolute Gasteiger partial charge is 0.410 e. The van der Waals surface area contributed by atoms with Gasteiger partial charge in [-0.2, -0.15) is 0 Å². The molecule has 2 aromatic rings. The van der Waals surface area contributed by atoms with E-state index in [-0.39, 0.29) is 11.9 Å². The number of nitrogens with zero attached hydrogens (tertiary/aromatic N) is 2. The van der Waals surface area contributed by atoms with Crippen molar-refractivity contribution in [3.05, 3.63) is 35.0 Å². The van der Waals surface area contributed by atoms with Crippen LogP contribution in [0.3, 0.4) is 0 Å². The number of piperidine rings is 1. The van der Waals surface area contributed by atoms with Gasteiger partial charge in [0.05, 0.1) is 5.69 Å². The highest BCUT2D eigenvalue weighted by molar-refractivity contribution is 6.31. The molecule has 1 amide bonds. The second-order valence-corrected chi connectivity index (χ2v) is 10.8. The summed E-state index contributed by atoms with van der Waals surface area (Å²) in [4.78, 5) is 27.4. The first-order valence-electron chi connectivity index (χ1n) is 11.4. The lowest BCUT2D eigenvalue weighted by Gasteiger charge is -2.43. The van der Waals surface area contributed by atoms with E-state index in [0.29, 0.717) is 29.2 Å². The lowest BCUT2D eigenvalue weighted by atomic mass is 9.69. The van der Waals surface area contributed by atoms with E-state index in [2.05, 4.69) is 0 Å². The molecule has 2 heterocycles. The van der Waals surface area contributed by atoms with Crippen molar-refractivity contribution in [3.63, 3.8) is 0 Å². The predicted octanol–water partition coefficient (Wildman–Crippen LogP) is 6.08. The molecule has 5 nitrogen and oxygen atoms in total. The van der Waals surface area contributed by atoms with Crippen LogP contribution in [0.2, 0.25) is 5.02 Å². The van der Waals surface area contributed by atoms with Crippen LogP contribution in [0.15, 0.2) is 24.3 Å². The zero-order chi connectivity index (χ0) is 22.3. The minimum atomic E-state index is -0.459. The summed E-state index contributed by atoms with van der Waals surface area (Å²) in [6, 6.07) is 7.72. The van der Waals surface area contributed by atoms with Crippen LogP contribution in [0.4, 0.5) is 4.79 Å². The Labute approximate surface area is 189 Å². The molecule has 0 unspecified atom stereocenters. The number of halogens is 1. The number of carbonyl (C=O) groups excluding carboxylic acids is 2. The second-order valence-electron chi connectivity index (χ2n) is 10.3. The average Bonchev–Trinajstić information content (AvgIpc) is 3.02. The van der Waals surface area contributed by atoms with Crippen molar-refractivity contribution in [3.8, 4) is 0 Å². The summed E-state index contributed by atoms with van der Waals surface area (Å²) in [5.41, 5.74) is 1.34. The van der Waals surface area contributed by atoms with Crippen LogP contribution >= 0.6 is 11.6 Å². The summed E-state index contributed by atoms with van der Waals surface area (Å²) in [6.07, 6.45) is 4.60. The molecule has 168 valence electrons. The first kappa shape index (κ1) is 22.2. The van der Waals surface area contributed by atoms with Crippen molar-refractivity contribution in [1.29, 1.82) is 0 Å². The zero-order valence-corrected chi connectivity index (χ0v) is 19.7. The molecular weight excluding hydrogens is 412 g/mol. The standard InChI is InChI=1S/C25H33ClN2O3/c1-25(2,3)31-24(30)28-10-9-17-11-16(5-6-18(17)15-28)12-23(29)22-14-19-13-20(26)7-8-21(19)27(22)4/h7-8,13-14,16-18H,5-6,9-12,15H2,1-4H3/t16-,17+,18-/m1/s1. The molecule has 31 heavy (non-hydrogen) atoms. The lowest BCUT2D eigenvalue weighted by molar-refractivity contribution is 0.00189. The quantitative estimate of drug-likeness (QED) is 0.539. The van der Waals surface area contributed by atoms with Crippen molar-refractivity contribution in [2.24, 2.45) is 24.8 Å². The lowest BCUT2D eigenvalue weighted by Crippen LogP contribution is -2.47. The van der Waals surface area contributed by atoms with E-state index < -0.39 is 5.60 Å². The summed E-state index contributed by atoms with van der Waals surface area (Å²) in [6.45, 7) is 7.25. The summed E-state index contributed by atoms with van der Waals surface area (Å²) in [7, 11) is 1.95. The van der Waals surface area contributed by atoms with Gasteiger partial charge in [0.2, 0.25) is 0 Å². The highest BCUT2D eigenvalue weighted by Gasteiger charge is 2.38. The van der Waals surface area contributed by atoms with E-state index in [9.17, 15) is 9.59 Å². The fourth-order valence-electron chi connectivity index (χ4n) is 5.35. The van der Waals surface area contributed by atoms with Gasteiger partial charge in [-0.3, -0.25) is 4.79 Å². The Hall–Kier alpha value is -2.01. The van der Waals surface area contributed by atoms with Crippen LogP contribution in [-0.2, 0) is 11.8 Å². The Morgan fingerprint density at radius 3 is 2.65 bits per heavy atom. The van der Waals surface area contributed by atoms with Crippen LogP contribution in [-0.4, -0.2) is 40.0 Å². The summed E-state index contributed by atoms with van der Waals surface area (Å²) in [5.74, 6) is 1.75. The third-order valence-electron chi connectivity index (χ3n) is 6.89. The molecule has 1 saturated heterocycles. The van der Waals surface area contributed by atoms with Gasteiger partial charge in [0.15, 0.2) is 5.78 Å².